The molecule has 1 atom stereocenters. The van der Waals surface area contributed by atoms with Gasteiger partial charge in [-0.15, -0.1) is 0 Å². The first-order valence-corrected chi connectivity index (χ1v) is 9.66. The summed E-state index contributed by atoms with van der Waals surface area (Å²) in [4.78, 5) is 0. The summed E-state index contributed by atoms with van der Waals surface area (Å²) in [6, 6.07) is 16.1. The van der Waals surface area contributed by atoms with Gasteiger partial charge in [0.15, 0.2) is 0 Å². The van der Waals surface area contributed by atoms with E-state index in [1.165, 1.54) is 5.56 Å². The van der Waals surface area contributed by atoms with Crippen molar-refractivity contribution in [2.24, 2.45) is 0 Å². The normalized spacial score (nSPS) is 13.6. The topological polar surface area (TPSA) is 9.23 Å². The third-order valence-corrected chi connectivity index (χ3v) is 4.78. The Balaban J connectivity index is 2.34. The highest BCUT2D eigenvalue weighted by Gasteiger charge is 2.35. The molecule has 0 radical (unpaired) electrons. The molecule has 0 aliphatic heterocycles. The maximum Gasteiger partial charge on any atom is 0.201 e. The predicted molar refractivity (Wildman–Crippen MR) is 110 cm³/mol. The molecule has 0 aromatic heterocycles. The van der Waals surface area contributed by atoms with Gasteiger partial charge in [0.1, 0.15) is 5.75 Å². The molecule has 1 unspecified atom stereocenters. The van der Waals surface area contributed by atoms with Crippen LogP contribution in [0.4, 0.5) is 0 Å². The van der Waals surface area contributed by atoms with Crippen LogP contribution in [0.15, 0.2) is 48.5 Å². The monoisotopic (exact) mass is 398 g/mol. The van der Waals surface area contributed by atoms with Crippen LogP contribution in [-0.4, -0.2) is 10.4 Å². The zero-order valence-electron chi connectivity index (χ0n) is 15.2. The van der Waals surface area contributed by atoms with E-state index in [0.29, 0.717) is 6.61 Å². The van der Waals surface area contributed by atoms with E-state index in [2.05, 4.69) is 52.0 Å². The Bertz CT molecular complexity index is 664. The highest BCUT2D eigenvalue weighted by molar-refractivity contribution is 6.68. The Morgan fingerprint density at radius 3 is 1.72 bits per heavy atom. The quantitative estimate of drug-likeness (QED) is 0.480. The number of rotatable bonds is 5. The first-order valence-electron chi connectivity index (χ1n) is 8.53. The van der Waals surface area contributed by atoms with Crippen molar-refractivity contribution < 1.29 is 4.74 Å². The molecule has 1 nitrogen and oxygen atoms in total. The smallest absolute Gasteiger partial charge is 0.201 e. The molecule has 136 valence electrons. The van der Waals surface area contributed by atoms with E-state index in [-0.39, 0.29) is 11.3 Å². The van der Waals surface area contributed by atoms with E-state index in [0.717, 1.165) is 23.3 Å². The second-order valence-electron chi connectivity index (χ2n) is 7.26. The molecular weight excluding hydrogens is 375 g/mol. The molecule has 0 saturated heterocycles. The number of hydrogen-bond donors (Lipinski definition) is 0. The Kier molecular flexibility index (Phi) is 6.70. The molecule has 0 amide bonds. The zero-order valence-corrected chi connectivity index (χ0v) is 17.4. The van der Waals surface area contributed by atoms with E-state index in [1.54, 1.807) is 0 Å². The maximum absolute atomic E-state index is 6.32. The van der Waals surface area contributed by atoms with Crippen LogP contribution in [-0.2, 0) is 5.41 Å². The third kappa shape index (κ3) is 5.54. The molecule has 0 aliphatic rings. The molecule has 2 aromatic rings. The van der Waals surface area contributed by atoms with E-state index in [4.69, 9.17) is 39.5 Å². The predicted octanol–water partition coefficient (Wildman–Crippen LogP) is 7.28. The van der Waals surface area contributed by atoms with Crippen LogP contribution in [0.3, 0.4) is 0 Å². The summed E-state index contributed by atoms with van der Waals surface area (Å²) in [5.74, 6) is 0.489. The lowest BCUT2D eigenvalue weighted by molar-refractivity contribution is 0.317. The van der Waals surface area contributed by atoms with Crippen LogP contribution in [0.1, 0.15) is 56.7 Å². The van der Waals surface area contributed by atoms with Crippen LogP contribution in [0, 0.1) is 0 Å². The molecule has 4 heteroatoms. The SMILES string of the molecule is CCCOc1ccc(C(c2ccc(C(C)(C)C)cc2)C(Cl)(Cl)Cl)cc1. The fourth-order valence-electron chi connectivity index (χ4n) is 2.72. The molecule has 0 bridgehead atoms. The summed E-state index contributed by atoms with van der Waals surface area (Å²) in [6.07, 6.45) is 0.971. The lowest BCUT2D eigenvalue weighted by atomic mass is 9.84. The summed E-state index contributed by atoms with van der Waals surface area (Å²) in [6.45, 7) is 9.33. The van der Waals surface area contributed by atoms with Gasteiger partial charge in [-0.25, -0.2) is 0 Å². The van der Waals surface area contributed by atoms with Gasteiger partial charge in [-0.05, 0) is 40.7 Å². The highest BCUT2D eigenvalue weighted by Crippen LogP contribution is 2.46. The Morgan fingerprint density at radius 2 is 1.32 bits per heavy atom. The van der Waals surface area contributed by atoms with Crippen molar-refractivity contribution in [3.63, 3.8) is 0 Å². The zero-order chi connectivity index (χ0) is 18.7. The maximum atomic E-state index is 6.32. The van der Waals surface area contributed by atoms with Gasteiger partial charge in [0.05, 0.1) is 12.5 Å². The van der Waals surface area contributed by atoms with Crippen molar-refractivity contribution in [1.29, 1.82) is 0 Å². The number of benzene rings is 2. The standard InChI is InChI=1S/C21H25Cl3O/c1-5-14-25-18-12-8-16(9-13-18)19(21(22,23)24)15-6-10-17(11-7-15)20(2,3)4/h6-13,19H,5,14H2,1-4H3. The molecule has 0 saturated carbocycles. The molecule has 0 aliphatic carbocycles. The van der Waals surface area contributed by atoms with Gasteiger partial charge in [-0.1, -0.05) is 98.9 Å². The van der Waals surface area contributed by atoms with E-state index < -0.39 is 3.79 Å². The van der Waals surface area contributed by atoms with Gasteiger partial charge in [0.25, 0.3) is 0 Å². The van der Waals surface area contributed by atoms with Crippen molar-refractivity contribution in [1.82, 2.24) is 0 Å². The van der Waals surface area contributed by atoms with Crippen molar-refractivity contribution in [3.05, 3.63) is 65.2 Å². The lowest BCUT2D eigenvalue weighted by Crippen LogP contribution is -2.19. The van der Waals surface area contributed by atoms with Crippen LogP contribution in [0.2, 0.25) is 0 Å². The van der Waals surface area contributed by atoms with Crippen molar-refractivity contribution in [3.8, 4) is 5.75 Å². The summed E-state index contributed by atoms with van der Waals surface area (Å²) in [7, 11) is 0. The van der Waals surface area contributed by atoms with Gasteiger partial charge >= 0.3 is 0 Å². The second-order valence-corrected chi connectivity index (χ2v) is 9.63. The fraction of sp³-hybridized carbons (Fsp3) is 0.429. The average Bonchev–Trinajstić information content (AvgIpc) is 2.53. The average molecular weight is 400 g/mol. The lowest BCUT2D eigenvalue weighted by Gasteiger charge is -2.27. The second kappa shape index (κ2) is 8.20. The third-order valence-electron chi connectivity index (χ3n) is 4.12. The summed E-state index contributed by atoms with van der Waals surface area (Å²) in [5.41, 5.74) is 3.27. The van der Waals surface area contributed by atoms with E-state index in [1.807, 2.05) is 24.3 Å². The minimum Gasteiger partial charge on any atom is -0.494 e. The van der Waals surface area contributed by atoms with Gasteiger partial charge in [-0.3, -0.25) is 0 Å². The van der Waals surface area contributed by atoms with Crippen LogP contribution < -0.4 is 4.74 Å². The summed E-state index contributed by atoms with van der Waals surface area (Å²) >= 11 is 19.0. The number of ether oxygens (including phenoxy) is 1. The summed E-state index contributed by atoms with van der Waals surface area (Å²) < 4.78 is 4.20. The molecule has 0 spiro atoms. The number of hydrogen-bond acceptors (Lipinski definition) is 1. The molecule has 0 heterocycles. The van der Waals surface area contributed by atoms with E-state index in [9.17, 15) is 0 Å². The first kappa shape index (κ1) is 20.4. The molecule has 25 heavy (non-hydrogen) atoms. The van der Waals surface area contributed by atoms with Crippen molar-refractivity contribution in [2.75, 3.05) is 6.61 Å². The van der Waals surface area contributed by atoms with Crippen LogP contribution in [0.5, 0.6) is 5.75 Å². The van der Waals surface area contributed by atoms with Gasteiger partial charge in [0, 0.05) is 0 Å². The largest absolute Gasteiger partial charge is 0.494 e. The highest BCUT2D eigenvalue weighted by atomic mass is 35.6. The van der Waals surface area contributed by atoms with Gasteiger partial charge in [0.2, 0.25) is 3.79 Å². The molecule has 2 aromatic carbocycles. The number of alkyl halides is 3. The fourth-order valence-corrected chi connectivity index (χ4v) is 3.48. The van der Waals surface area contributed by atoms with Crippen molar-refractivity contribution in [2.45, 2.75) is 49.2 Å². The molecule has 0 N–H and O–H groups in total. The molecule has 0 fully saturated rings. The molecular formula is C21H25Cl3O. The number of halogens is 3. The van der Waals surface area contributed by atoms with E-state index >= 15 is 0 Å². The van der Waals surface area contributed by atoms with Gasteiger partial charge in [-0.2, -0.15) is 0 Å². The van der Waals surface area contributed by atoms with Crippen LogP contribution >= 0.6 is 34.8 Å². The Morgan fingerprint density at radius 1 is 0.840 bits per heavy atom. The van der Waals surface area contributed by atoms with Crippen molar-refractivity contribution >= 4 is 34.8 Å². The minimum atomic E-state index is -1.44. The summed E-state index contributed by atoms with van der Waals surface area (Å²) in [5, 5.41) is 0. The van der Waals surface area contributed by atoms with Gasteiger partial charge < -0.3 is 4.74 Å². The molecule has 2 rings (SSSR count). The minimum absolute atomic E-state index is 0.0896. The first-order chi connectivity index (χ1) is 11.6. The van der Waals surface area contributed by atoms with Crippen LogP contribution in [0.25, 0.3) is 0 Å². The Hall–Kier alpha value is -0.890. The Labute approximate surface area is 166 Å².